The van der Waals surface area contributed by atoms with Gasteiger partial charge in [0, 0.05) is 32.2 Å². The van der Waals surface area contributed by atoms with E-state index in [0.717, 1.165) is 11.1 Å². The normalized spacial score (nSPS) is 15.8. The van der Waals surface area contributed by atoms with Crippen molar-refractivity contribution in [3.8, 4) is 5.75 Å². The van der Waals surface area contributed by atoms with Gasteiger partial charge in [-0.25, -0.2) is 8.42 Å². The molecule has 5 nitrogen and oxygen atoms in total. The maximum absolute atomic E-state index is 13.5. The van der Waals surface area contributed by atoms with E-state index in [1.54, 1.807) is 17.5 Å². The Morgan fingerprint density at radius 1 is 0.781 bits per heavy atom. The van der Waals surface area contributed by atoms with Gasteiger partial charge in [0.25, 0.3) is 0 Å². The van der Waals surface area contributed by atoms with Crippen LogP contribution in [-0.2, 0) is 10.0 Å². The smallest absolute Gasteiger partial charge is 0.243 e. The van der Waals surface area contributed by atoms with Crippen LogP contribution >= 0.6 is 0 Å². The van der Waals surface area contributed by atoms with Gasteiger partial charge in [0.15, 0.2) is 0 Å². The average Bonchev–Trinajstić information content (AvgIpc) is 2.81. The van der Waals surface area contributed by atoms with Crippen LogP contribution in [0.3, 0.4) is 0 Å². The first-order valence-electron chi connectivity index (χ1n) is 10.9. The summed E-state index contributed by atoms with van der Waals surface area (Å²) < 4.78 is 33.9. The summed E-state index contributed by atoms with van der Waals surface area (Å²) >= 11 is 0. The summed E-state index contributed by atoms with van der Waals surface area (Å²) in [5.74, 6) is 0.598. The van der Waals surface area contributed by atoms with E-state index >= 15 is 0 Å². The molecule has 1 aliphatic rings. The van der Waals surface area contributed by atoms with Crippen molar-refractivity contribution in [1.29, 1.82) is 0 Å². The van der Waals surface area contributed by atoms with Crippen molar-refractivity contribution < 1.29 is 13.2 Å². The molecule has 1 aliphatic heterocycles. The van der Waals surface area contributed by atoms with E-state index in [4.69, 9.17) is 4.74 Å². The van der Waals surface area contributed by atoms with Crippen molar-refractivity contribution in [3.63, 3.8) is 0 Å². The Balaban J connectivity index is 1.58. The van der Waals surface area contributed by atoms with Crippen LogP contribution in [0.15, 0.2) is 77.7 Å². The summed E-state index contributed by atoms with van der Waals surface area (Å²) in [7, 11) is -2.02. The molecule has 0 saturated carbocycles. The Labute approximate surface area is 191 Å². The largest absolute Gasteiger partial charge is 0.496 e. The Bertz CT molecular complexity index is 1120. The molecule has 3 aromatic rings. The van der Waals surface area contributed by atoms with Crippen molar-refractivity contribution in [1.82, 2.24) is 9.21 Å². The van der Waals surface area contributed by atoms with Crippen LogP contribution in [0.4, 0.5) is 0 Å². The fourth-order valence-electron chi connectivity index (χ4n) is 4.54. The molecule has 0 unspecified atom stereocenters. The van der Waals surface area contributed by atoms with E-state index in [2.05, 4.69) is 53.4 Å². The highest BCUT2D eigenvalue weighted by atomic mass is 32.2. The summed E-state index contributed by atoms with van der Waals surface area (Å²) in [6.07, 6.45) is 0. The molecule has 1 fully saturated rings. The highest BCUT2D eigenvalue weighted by Crippen LogP contribution is 2.32. The lowest BCUT2D eigenvalue weighted by Gasteiger charge is -2.39. The van der Waals surface area contributed by atoms with Crippen LogP contribution in [-0.4, -0.2) is 50.9 Å². The summed E-state index contributed by atoms with van der Waals surface area (Å²) in [5.41, 5.74) is 4.11. The van der Waals surface area contributed by atoms with Crippen LogP contribution in [0.25, 0.3) is 0 Å². The van der Waals surface area contributed by atoms with Crippen molar-refractivity contribution in [2.75, 3.05) is 33.3 Å². The Morgan fingerprint density at radius 2 is 1.31 bits per heavy atom. The minimum Gasteiger partial charge on any atom is -0.496 e. The Hall–Kier alpha value is -2.67. The van der Waals surface area contributed by atoms with Gasteiger partial charge in [0.2, 0.25) is 10.0 Å². The second-order valence-corrected chi connectivity index (χ2v) is 10.2. The predicted octanol–water partition coefficient (Wildman–Crippen LogP) is 4.41. The van der Waals surface area contributed by atoms with Crippen LogP contribution in [0.2, 0.25) is 0 Å². The Morgan fingerprint density at radius 3 is 1.81 bits per heavy atom. The number of piperazine rings is 1. The van der Waals surface area contributed by atoms with Gasteiger partial charge in [-0.3, -0.25) is 4.90 Å². The number of benzene rings is 3. The highest BCUT2D eigenvalue weighted by molar-refractivity contribution is 7.89. The topological polar surface area (TPSA) is 49.9 Å². The molecule has 0 spiro atoms. The lowest BCUT2D eigenvalue weighted by Crippen LogP contribution is -2.49. The van der Waals surface area contributed by atoms with Gasteiger partial charge in [0.1, 0.15) is 5.75 Å². The zero-order valence-electron chi connectivity index (χ0n) is 18.9. The molecule has 6 heteroatoms. The number of ether oxygens (including phenoxy) is 1. The molecule has 168 valence electrons. The monoisotopic (exact) mass is 450 g/mol. The third kappa shape index (κ3) is 4.44. The molecular formula is C26H30N2O3S. The summed E-state index contributed by atoms with van der Waals surface area (Å²) in [5, 5.41) is 0. The molecule has 0 aromatic heterocycles. The van der Waals surface area contributed by atoms with Crippen LogP contribution in [0, 0.1) is 13.8 Å². The second-order valence-electron chi connectivity index (χ2n) is 8.25. The maximum atomic E-state index is 13.5. The molecular weight excluding hydrogens is 420 g/mol. The SMILES string of the molecule is COc1cc(S(=O)(=O)N2CCN(C(c3ccccc3)c3ccccc3)CC2)c(C)cc1C. The van der Waals surface area contributed by atoms with E-state index in [-0.39, 0.29) is 6.04 Å². The number of sulfonamides is 1. The van der Waals surface area contributed by atoms with E-state index in [0.29, 0.717) is 36.8 Å². The van der Waals surface area contributed by atoms with Crippen molar-refractivity contribution in [2.24, 2.45) is 0 Å². The molecule has 0 bridgehead atoms. The molecule has 0 radical (unpaired) electrons. The van der Waals surface area contributed by atoms with Crippen molar-refractivity contribution in [3.05, 3.63) is 95.1 Å². The van der Waals surface area contributed by atoms with Gasteiger partial charge in [-0.2, -0.15) is 4.31 Å². The van der Waals surface area contributed by atoms with Gasteiger partial charge in [-0.05, 0) is 36.1 Å². The molecule has 3 aromatic carbocycles. The number of nitrogens with zero attached hydrogens (tertiary/aromatic N) is 2. The number of hydrogen-bond donors (Lipinski definition) is 0. The maximum Gasteiger partial charge on any atom is 0.243 e. The fourth-order valence-corrected chi connectivity index (χ4v) is 6.18. The molecule has 1 heterocycles. The summed E-state index contributed by atoms with van der Waals surface area (Å²) in [4.78, 5) is 2.70. The van der Waals surface area contributed by atoms with Gasteiger partial charge >= 0.3 is 0 Å². The first-order chi connectivity index (χ1) is 15.4. The molecule has 32 heavy (non-hydrogen) atoms. The van der Waals surface area contributed by atoms with E-state index < -0.39 is 10.0 Å². The summed E-state index contributed by atoms with van der Waals surface area (Å²) in [6.45, 7) is 6.00. The van der Waals surface area contributed by atoms with Crippen LogP contribution in [0.5, 0.6) is 5.75 Å². The molecule has 0 atom stereocenters. The van der Waals surface area contributed by atoms with Gasteiger partial charge < -0.3 is 4.74 Å². The quantitative estimate of drug-likeness (QED) is 0.558. The number of methoxy groups -OCH3 is 1. The standard InChI is InChI=1S/C26H30N2O3S/c1-20-18-21(2)25(19-24(20)31-3)32(29,30)28-16-14-27(15-17-28)26(22-10-6-4-7-11-22)23-12-8-5-9-13-23/h4-13,18-19,26H,14-17H2,1-3H3. The van der Waals surface area contributed by atoms with Gasteiger partial charge in [-0.15, -0.1) is 0 Å². The lowest BCUT2D eigenvalue weighted by molar-refractivity contribution is 0.155. The van der Waals surface area contributed by atoms with Crippen molar-refractivity contribution >= 4 is 10.0 Å². The average molecular weight is 451 g/mol. The summed E-state index contributed by atoms with van der Waals surface area (Å²) in [6, 6.07) is 24.5. The fraction of sp³-hybridized carbons (Fsp3) is 0.308. The minimum absolute atomic E-state index is 0.100. The third-order valence-corrected chi connectivity index (χ3v) is 8.22. The highest BCUT2D eigenvalue weighted by Gasteiger charge is 2.33. The van der Waals surface area contributed by atoms with Gasteiger partial charge in [0.05, 0.1) is 18.0 Å². The first kappa shape index (κ1) is 22.5. The molecule has 4 rings (SSSR count). The van der Waals surface area contributed by atoms with E-state index in [1.165, 1.54) is 11.1 Å². The molecule has 0 amide bonds. The van der Waals surface area contributed by atoms with Gasteiger partial charge in [-0.1, -0.05) is 66.7 Å². The zero-order chi connectivity index (χ0) is 22.7. The Kier molecular flexibility index (Phi) is 6.65. The minimum atomic E-state index is -3.59. The van der Waals surface area contributed by atoms with Crippen LogP contribution < -0.4 is 4.74 Å². The number of hydrogen-bond acceptors (Lipinski definition) is 4. The number of rotatable bonds is 6. The lowest BCUT2D eigenvalue weighted by atomic mass is 9.96. The number of aryl methyl sites for hydroxylation is 2. The molecule has 0 N–H and O–H groups in total. The van der Waals surface area contributed by atoms with Crippen molar-refractivity contribution in [2.45, 2.75) is 24.8 Å². The molecule has 1 saturated heterocycles. The van der Waals surface area contributed by atoms with Crippen LogP contribution in [0.1, 0.15) is 28.3 Å². The zero-order valence-corrected chi connectivity index (χ0v) is 19.7. The third-order valence-electron chi connectivity index (χ3n) is 6.18. The molecule has 0 aliphatic carbocycles. The first-order valence-corrected chi connectivity index (χ1v) is 12.3. The van der Waals surface area contributed by atoms with E-state index in [9.17, 15) is 8.42 Å². The van der Waals surface area contributed by atoms with E-state index in [1.807, 2.05) is 32.0 Å². The second kappa shape index (κ2) is 9.45. The predicted molar refractivity (Wildman–Crippen MR) is 128 cm³/mol.